The summed E-state index contributed by atoms with van der Waals surface area (Å²) >= 11 is 0. The highest BCUT2D eigenvalue weighted by molar-refractivity contribution is 5.95. The molecule has 0 aliphatic carbocycles. The van der Waals surface area contributed by atoms with Gasteiger partial charge in [0.1, 0.15) is 17.6 Å². The molecule has 0 aliphatic rings. The van der Waals surface area contributed by atoms with Gasteiger partial charge in [0.25, 0.3) is 0 Å². The van der Waals surface area contributed by atoms with Crippen molar-refractivity contribution in [1.82, 2.24) is 4.98 Å². The molecule has 0 saturated carbocycles. The second kappa shape index (κ2) is 8.49. The van der Waals surface area contributed by atoms with Crippen molar-refractivity contribution < 1.29 is 10.0 Å². The highest BCUT2D eigenvalue weighted by atomic mass is 16.6. The van der Waals surface area contributed by atoms with Gasteiger partial charge in [0.05, 0.1) is 10.4 Å². The van der Waals surface area contributed by atoms with Crippen LogP contribution in [0.1, 0.15) is 31.7 Å². The van der Waals surface area contributed by atoms with Crippen LogP contribution in [0.3, 0.4) is 0 Å². The predicted octanol–water partition coefficient (Wildman–Crippen LogP) is 5.06. The van der Waals surface area contributed by atoms with Crippen LogP contribution in [0, 0.1) is 10.1 Å². The van der Waals surface area contributed by atoms with Crippen LogP contribution in [0.15, 0.2) is 54.7 Å². The van der Waals surface area contributed by atoms with Crippen molar-refractivity contribution in [3.05, 3.63) is 70.4 Å². The number of nitro groups is 1. The maximum Gasteiger partial charge on any atom is 0.311 e. The van der Waals surface area contributed by atoms with Gasteiger partial charge in [-0.2, -0.15) is 0 Å². The second-order valence-corrected chi connectivity index (χ2v) is 6.65. The van der Waals surface area contributed by atoms with Gasteiger partial charge < -0.3 is 10.4 Å². The number of anilines is 1. The van der Waals surface area contributed by atoms with E-state index in [-0.39, 0.29) is 22.4 Å². The summed E-state index contributed by atoms with van der Waals surface area (Å²) in [6.45, 7) is 2.13. The predicted molar refractivity (Wildman–Crippen MR) is 107 cm³/mol. The molecule has 6 heteroatoms. The van der Waals surface area contributed by atoms with E-state index in [4.69, 9.17) is 0 Å². The lowest BCUT2D eigenvalue weighted by Crippen LogP contribution is -2.23. The van der Waals surface area contributed by atoms with E-state index in [1.165, 1.54) is 6.20 Å². The Labute approximate surface area is 158 Å². The second-order valence-electron chi connectivity index (χ2n) is 6.65. The summed E-state index contributed by atoms with van der Waals surface area (Å²) in [6.07, 6.45) is 5.00. The fraction of sp³-hybridized carbons (Fsp3) is 0.286. The Morgan fingerprint density at radius 2 is 1.93 bits per heavy atom. The van der Waals surface area contributed by atoms with Crippen LogP contribution < -0.4 is 5.32 Å². The summed E-state index contributed by atoms with van der Waals surface area (Å²) in [5.74, 6) is 0.229. The van der Waals surface area contributed by atoms with Crippen molar-refractivity contribution in [2.24, 2.45) is 0 Å². The Bertz CT molecular complexity index is 926. The zero-order valence-electron chi connectivity index (χ0n) is 15.3. The molecule has 3 aromatic rings. The number of hydrogen-bond acceptors (Lipinski definition) is 5. The number of aromatic nitrogens is 1. The Morgan fingerprint density at radius 1 is 1.19 bits per heavy atom. The Morgan fingerprint density at radius 3 is 2.63 bits per heavy atom. The molecule has 6 nitrogen and oxygen atoms in total. The quantitative estimate of drug-likeness (QED) is 0.430. The molecule has 0 aliphatic heterocycles. The number of phenolic OH excluding ortho intramolecular Hbond substituents is 1. The van der Waals surface area contributed by atoms with Crippen molar-refractivity contribution >= 4 is 22.3 Å². The average molecular weight is 365 g/mol. The van der Waals surface area contributed by atoms with Crippen LogP contribution in [0.25, 0.3) is 10.9 Å². The summed E-state index contributed by atoms with van der Waals surface area (Å²) in [6, 6.07) is 14.6. The van der Waals surface area contributed by atoms with Crippen LogP contribution in [-0.2, 0) is 6.42 Å². The van der Waals surface area contributed by atoms with E-state index in [0.717, 1.165) is 35.7 Å². The highest BCUT2D eigenvalue weighted by Crippen LogP contribution is 2.33. The molecule has 0 amide bonds. The van der Waals surface area contributed by atoms with Crippen LogP contribution in [0.4, 0.5) is 11.4 Å². The summed E-state index contributed by atoms with van der Waals surface area (Å²) in [5, 5.41) is 25.2. The minimum atomic E-state index is -0.390. The van der Waals surface area contributed by atoms with Gasteiger partial charge in [-0.05, 0) is 36.6 Å². The molecule has 0 saturated heterocycles. The van der Waals surface area contributed by atoms with E-state index >= 15 is 0 Å². The van der Waals surface area contributed by atoms with Gasteiger partial charge in [-0.15, -0.1) is 0 Å². The molecule has 0 radical (unpaired) electrons. The van der Waals surface area contributed by atoms with Gasteiger partial charge in [-0.1, -0.05) is 50.1 Å². The molecular weight excluding hydrogens is 342 g/mol. The molecule has 0 fully saturated rings. The topological polar surface area (TPSA) is 88.3 Å². The largest absolute Gasteiger partial charge is 0.508 e. The summed E-state index contributed by atoms with van der Waals surface area (Å²) in [4.78, 5) is 15.4. The van der Waals surface area contributed by atoms with Gasteiger partial charge in [0.15, 0.2) is 0 Å². The molecule has 0 spiro atoms. The standard InChI is InChI=1S/C21H23N3O3/c1-2-3-6-16(13-15-9-11-17(25)12-10-15)23-21-18-7-4-5-8-19(18)22-14-20(21)24(26)27/h4-5,7-12,14,16,25H,2-3,6,13H2,1H3,(H,22,23). The van der Waals surface area contributed by atoms with Crippen molar-refractivity contribution in [1.29, 1.82) is 0 Å². The molecular formula is C21H23N3O3. The van der Waals surface area contributed by atoms with Gasteiger partial charge in [0, 0.05) is 11.4 Å². The first-order valence-electron chi connectivity index (χ1n) is 9.15. The van der Waals surface area contributed by atoms with Gasteiger partial charge in [-0.25, -0.2) is 4.98 Å². The molecule has 3 rings (SSSR count). The maximum absolute atomic E-state index is 11.6. The molecule has 1 aromatic heterocycles. The van der Waals surface area contributed by atoms with E-state index in [9.17, 15) is 15.2 Å². The zero-order valence-corrected chi connectivity index (χ0v) is 15.3. The number of fused-ring (bicyclic) bond motifs is 1. The number of aromatic hydroxyl groups is 1. The van der Waals surface area contributed by atoms with Crippen LogP contribution in [0.5, 0.6) is 5.75 Å². The molecule has 140 valence electrons. The SMILES string of the molecule is CCCCC(Cc1ccc(O)cc1)Nc1c([N+](=O)[O-])cnc2ccccc12. The van der Waals surface area contributed by atoms with E-state index < -0.39 is 0 Å². The number of para-hydroxylation sites is 1. The number of nitrogens with one attached hydrogen (secondary N) is 1. The lowest BCUT2D eigenvalue weighted by Gasteiger charge is -2.21. The third-order valence-corrected chi connectivity index (χ3v) is 4.63. The minimum absolute atomic E-state index is 0.0131. The number of rotatable bonds is 8. The number of unbranched alkanes of at least 4 members (excludes halogenated alkanes) is 1. The van der Waals surface area contributed by atoms with E-state index in [1.807, 2.05) is 36.4 Å². The highest BCUT2D eigenvalue weighted by Gasteiger charge is 2.21. The first-order chi connectivity index (χ1) is 13.1. The van der Waals surface area contributed by atoms with Crippen LogP contribution >= 0.6 is 0 Å². The molecule has 2 N–H and O–H groups in total. The van der Waals surface area contributed by atoms with Crippen LogP contribution in [-0.4, -0.2) is 21.1 Å². The van der Waals surface area contributed by atoms with E-state index in [1.54, 1.807) is 12.1 Å². The van der Waals surface area contributed by atoms with Gasteiger partial charge in [-0.3, -0.25) is 10.1 Å². The number of hydrogen-bond donors (Lipinski definition) is 2. The first-order valence-corrected chi connectivity index (χ1v) is 9.15. The molecule has 1 unspecified atom stereocenters. The third kappa shape index (κ3) is 4.53. The average Bonchev–Trinajstić information content (AvgIpc) is 2.67. The van der Waals surface area contributed by atoms with Gasteiger partial charge in [0.2, 0.25) is 0 Å². The molecule has 27 heavy (non-hydrogen) atoms. The number of benzene rings is 2. The van der Waals surface area contributed by atoms with Crippen LogP contribution in [0.2, 0.25) is 0 Å². The number of pyridine rings is 1. The molecule has 1 atom stereocenters. The summed E-state index contributed by atoms with van der Waals surface area (Å²) in [5.41, 5.74) is 2.30. The van der Waals surface area contributed by atoms with Crippen molar-refractivity contribution in [3.8, 4) is 5.75 Å². The summed E-state index contributed by atoms with van der Waals surface area (Å²) < 4.78 is 0. The minimum Gasteiger partial charge on any atom is -0.508 e. The number of nitrogens with zero attached hydrogens (tertiary/aromatic N) is 2. The Hall–Kier alpha value is -3.15. The third-order valence-electron chi connectivity index (χ3n) is 4.63. The summed E-state index contributed by atoms with van der Waals surface area (Å²) in [7, 11) is 0. The zero-order chi connectivity index (χ0) is 19.2. The lowest BCUT2D eigenvalue weighted by molar-refractivity contribution is -0.384. The Kier molecular flexibility index (Phi) is 5.86. The van der Waals surface area contributed by atoms with Crippen molar-refractivity contribution in [2.45, 2.75) is 38.6 Å². The maximum atomic E-state index is 11.6. The first kappa shape index (κ1) is 18.6. The Balaban J connectivity index is 1.95. The van der Waals surface area contributed by atoms with E-state index in [2.05, 4.69) is 17.2 Å². The van der Waals surface area contributed by atoms with Crippen molar-refractivity contribution in [2.75, 3.05) is 5.32 Å². The lowest BCUT2D eigenvalue weighted by atomic mass is 10.00. The normalized spacial score (nSPS) is 12.0. The fourth-order valence-corrected chi connectivity index (χ4v) is 3.22. The van der Waals surface area contributed by atoms with E-state index in [0.29, 0.717) is 12.1 Å². The fourth-order valence-electron chi connectivity index (χ4n) is 3.22. The smallest absolute Gasteiger partial charge is 0.311 e. The molecule has 0 bridgehead atoms. The molecule has 1 heterocycles. The monoisotopic (exact) mass is 365 g/mol. The number of phenols is 1. The molecule has 2 aromatic carbocycles. The van der Waals surface area contributed by atoms with Crippen molar-refractivity contribution in [3.63, 3.8) is 0 Å². The van der Waals surface area contributed by atoms with Gasteiger partial charge >= 0.3 is 5.69 Å².